The Kier molecular flexibility index (Phi) is 6.37. The number of carbonyl (C=O) groups excluding carboxylic acids is 1. The van der Waals surface area contributed by atoms with E-state index in [4.69, 9.17) is 17.0 Å². The third-order valence-electron chi connectivity index (χ3n) is 4.02. The number of aryl methyl sites for hydroxylation is 2. The normalized spacial score (nSPS) is 10.6. The monoisotopic (exact) mass is 415 g/mol. The number of carbonyl (C=O) groups is 1. The molecule has 0 spiro atoms. The molecule has 28 heavy (non-hydrogen) atoms. The number of nitrogens with zero attached hydrogens (tertiary/aromatic N) is 3. The molecule has 0 aliphatic heterocycles. The van der Waals surface area contributed by atoms with Gasteiger partial charge in [-0.15, -0.1) is 6.58 Å². The molecule has 2 N–H and O–H groups in total. The summed E-state index contributed by atoms with van der Waals surface area (Å²) in [6.07, 6.45) is 2.71. The van der Waals surface area contributed by atoms with Crippen molar-refractivity contribution in [1.29, 1.82) is 0 Å². The highest BCUT2D eigenvalue weighted by atomic mass is 32.1. The molecule has 146 valence electrons. The maximum absolute atomic E-state index is 12.2. The first-order chi connectivity index (χ1) is 13.5. The predicted molar refractivity (Wildman–Crippen MR) is 113 cm³/mol. The Labute approximate surface area is 172 Å². The summed E-state index contributed by atoms with van der Waals surface area (Å²) < 4.78 is 7.87. The van der Waals surface area contributed by atoms with Crippen LogP contribution in [0.15, 0.2) is 36.9 Å². The van der Waals surface area contributed by atoms with Gasteiger partial charge in [-0.2, -0.15) is 5.10 Å². The second kappa shape index (κ2) is 8.94. The molecule has 2 heterocycles. The standard InChI is InChI=1S/C19H21N5O2S2/c1-4-10-24-17(22-23-19(24)27)16-12(3)20-18(28-16)21-15(25)11-26-14-8-6-13(5-2)7-9-14/h4,6-9H,1,5,10-11H2,2-3H3,(H,23,27)(H,20,21,25). The van der Waals surface area contributed by atoms with Crippen LogP contribution in [0, 0.1) is 11.7 Å². The number of H-pyrrole nitrogens is 1. The number of nitrogens with one attached hydrogen (secondary N) is 2. The number of anilines is 1. The number of hydrogen-bond acceptors (Lipinski definition) is 6. The smallest absolute Gasteiger partial charge is 0.264 e. The number of ether oxygens (including phenoxy) is 1. The molecule has 0 atom stereocenters. The summed E-state index contributed by atoms with van der Waals surface area (Å²) in [7, 11) is 0. The van der Waals surface area contributed by atoms with E-state index in [2.05, 4.69) is 34.0 Å². The van der Waals surface area contributed by atoms with Gasteiger partial charge in [0.2, 0.25) is 0 Å². The highest BCUT2D eigenvalue weighted by molar-refractivity contribution is 7.71. The molecule has 0 saturated heterocycles. The molecule has 0 aliphatic rings. The van der Waals surface area contributed by atoms with Gasteiger partial charge < -0.3 is 4.74 Å². The van der Waals surface area contributed by atoms with Crippen molar-refractivity contribution < 1.29 is 9.53 Å². The van der Waals surface area contributed by atoms with E-state index in [0.29, 0.717) is 28.0 Å². The number of aromatic nitrogens is 4. The average molecular weight is 416 g/mol. The highest BCUT2D eigenvalue weighted by Crippen LogP contribution is 2.31. The molecule has 0 bridgehead atoms. The van der Waals surface area contributed by atoms with Crippen molar-refractivity contribution in [2.24, 2.45) is 0 Å². The molecule has 0 aliphatic carbocycles. The van der Waals surface area contributed by atoms with Crippen LogP contribution in [-0.2, 0) is 17.8 Å². The number of hydrogen-bond donors (Lipinski definition) is 2. The minimum Gasteiger partial charge on any atom is -0.484 e. The van der Waals surface area contributed by atoms with E-state index >= 15 is 0 Å². The minimum absolute atomic E-state index is 0.0887. The van der Waals surface area contributed by atoms with E-state index in [9.17, 15) is 4.79 Å². The summed E-state index contributed by atoms with van der Waals surface area (Å²) in [5.41, 5.74) is 1.98. The topological polar surface area (TPSA) is 84.8 Å². The van der Waals surface area contributed by atoms with E-state index in [0.717, 1.165) is 17.0 Å². The number of aromatic amines is 1. The van der Waals surface area contributed by atoms with E-state index in [1.54, 1.807) is 6.08 Å². The average Bonchev–Trinajstić information content (AvgIpc) is 3.23. The van der Waals surface area contributed by atoms with Crippen LogP contribution in [0.5, 0.6) is 5.75 Å². The molecule has 2 aromatic heterocycles. The molecule has 3 rings (SSSR count). The Bertz CT molecular complexity index is 1030. The minimum atomic E-state index is -0.273. The molecule has 0 fully saturated rings. The largest absolute Gasteiger partial charge is 0.484 e. The van der Waals surface area contributed by atoms with Gasteiger partial charge in [-0.05, 0) is 43.3 Å². The number of thiazole rings is 1. The molecule has 1 amide bonds. The van der Waals surface area contributed by atoms with Crippen molar-refractivity contribution >= 4 is 34.6 Å². The number of allylic oxidation sites excluding steroid dienone is 1. The predicted octanol–water partition coefficient (Wildman–Crippen LogP) is 4.14. The summed E-state index contributed by atoms with van der Waals surface area (Å²) in [5.74, 6) is 1.06. The van der Waals surface area contributed by atoms with Gasteiger partial charge in [0, 0.05) is 6.54 Å². The third kappa shape index (κ3) is 4.55. The summed E-state index contributed by atoms with van der Waals surface area (Å²) in [6, 6.07) is 7.69. The molecule has 0 unspecified atom stereocenters. The Morgan fingerprint density at radius 3 is 2.86 bits per heavy atom. The van der Waals surface area contributed by atoms with Crippen molar-refractivity contribution in [3.63, 3.8) is 0 Å². The van der Waals surface area contributed by atoms with Gasteiger partial charge in [-0.25, -0.2) is 4.98 Å². The van der Waals surface area contributed by atoms with E-state index < -0.39 is 0 Å². The lowest BCUT2D eigenvalue weighted by Gasteiger charge is -2.06. The Morgan fingerprint density at radius 1 is 1.43 bits per heavy atom. The van der Waals surface area contributed by atoms with Gasteiger partial charge in [0.15, 0.2) is 22.3 Å². The van der Waals surface area contributed by atoms with Gasteiger partial charge in [-0.1, -0.05) is 36.5 Å². The quantitative estimate of drug-likeness (QED) is 0.427. The van der Waals surface area contributed by atoms with Crippen molar-refractivity contribution in [3.8, 4) is 16.5 Å². The van der Waals surface area contributed by atoms with E-state index in [1.807, 2.05) is 35.8 Å². The molecular formula is C19H21N5O2S2. The molecule has 0 radical (unpaired) electrons. The van der Waals surface area contributed by atoms with Crippen LogP contribution in [0.25, 0.3) is 10.7 Å². The fraction of sp³-hybridized carbons (Fsp3) is 0.263. The van der Waals surface area contributed by atoms with E-state index in [1.165, 1.54) is 16.9 Å². The lowest BCUT2D eigenvalue weighted by atomic mass is 10.2. The zero-order valence-electron chi connectivity index (χ0n) is 15.7. The highest BCUT2D eigenvalue weighted by Gasteiger charge is 2.17. The van der Waals surface area contributed by atoms with Crippen LogP contribution in [0.2, 0.25) is 0 Å². The second-order valence-electron chi connectivity index (χ2n) is 6.02. The van der Waals surface area contributed by atoms with Crippen LogP contribution >= 0.6 is 23.6 Å². The number of rotatable bonds is 8. The number of benzene rings is 1. The van der Waals surface area contributed by atoms with Crippen molar-refractivity contribution in [2.75, 3.05) is 11.9 Å². The molecule has 0 saturated carbocycles. The molecule has 1 aromatic carbocycles. The summed E-state index contributed by atoms with van der Waals surface area (Å²) >= 11 is 6.59. The van der Waals surface area contributed by atoms with Gasteiger partial charge >= 0.3 is 0 Å². The Hall–Kier alpha value is -2.78. The van der Waals surface area contributed by atoms with Crippen LogP contribution < -0.4 is 10.1 Å². The van der Waals surface area contributed by atoms with Crippen LogP contribution in [0.1, 0.15) is 18.2 Å². The van der Waals surface area contributed by atoms with Crippen molar-refractivity contribution in [2.45, 2.75) is 26.8 Å². The first kappa shape index (κ1) is 20.0. The van der Waals surface area contributed by atoms with Gasteiger partial charge in [0.25, 0.3) is 5.91 Å². The van der Waals surface area contributed by atoms with E-state index in [-0.39, 0.29) is 12.5 Å². The molecule has 7 nitrogen and oxygen atoms in total. The van der Waals surface area contributed by atoms with Crippen LogP contribution in [0.3, 0.4) is 0 Å². The SMILES string of the molecule is C=CCn1c(-c2sc(NC(=O)COc3ccc(CC)cc3)nc2C)n[nH]c1=S. The Morgan fingerprint density at radius 2 is 2.18 bits per heavy atom. The van der Waals surface area contributed by atoms with Gasteiger partial charge in [0.1, 0.15) is 5.75 Å². The molecule has 3 aromatic rings. The lowest BCUT2D eigenvalue weighted by molar-refractivity contribution is -0.118. The summed E-state index contributed by atoms with van der Waals surface area (Å²) in [6.45, 7) is 8.14. The first-order valence-electron chi connectivity index (χ1n) is 8.77. The van der Waals surface area contributed by atoms with Crippen LogP contribution in [0.4, 0.5) is 5.13 Å². The third-order valence-corrected chi connectivity index (χ3v) is 5.40. The van der Waals surface area contributed by atoms with Crippen LogP contribution in [-0.4, -0.2) is 32.3 Å². The lowest BCUT2D eigenvalue weighted by Crippen LogP contribution is -2.20. The fourth-order valence-electron chi connectivity index (χ4n) is 2.57. The number of amides is 1. The fourth-order valence-corrected chi connectivity index (χ4v) is 3.76. The van der Waals surface area contributed by atoms with Crippen molar-refractivity contribution in [3.05, 3.63) is 52.9 Å². The Balaban J connectivity index is 1.66. The maximum Gasteiger partial charge on any atom is 0.264 e. The maximum atomic E-state index is 12.2. The van der Waals surface area contributed by atoms with Crippen molar-refractivity contribution in [1.82, 2.24) is 19.7 Å². The zero-order valence-corrected chi connectivity index (χ0v) is 17.3. The summed E-state index contributed by atoms with van der Waals surface area (Å²) in [4.78, 5) is 17.5. The first-order valence-corrected chi connectivity index (χ1v) is 9.99. The zero-order chi connectivity index (χ0) is 20.1. The second-order valence-corrected chi connectivity index (χ2v) is 7.41. The van der Waals surface area contributed by atoms with Gasteiger partial charge in [-0.3, -0.25) is 19.8 Å². The summed E-state index contributed by atoms with van der Waals surface area (Å²) in [5, 5.41) is 10.3. The van der Waals surface area contributed by atoms with Gasteiger partial charge in [0.05, 0.1) is 10.6 Å². The molecule has 9 heteroatoms. The molecular weight excluding hydrogens is 394 g/mol.